The standard InChI is InChI=1S/C14H17F2NO3S/c1-14(2,3)12(13(19)20)17-11(18)7-21-8-4-5-9(15)10(16)6-8/h4-6,12H,7H2,1-3H3,(H,17,18)(H,19,20)/t12-/m0/s1. The Kier molecular flexibility index (Phi) is 5.71. The molecule has 2 N–H and O–H groups in total. The molecule has 1 rings (SSSR count). The molecule has 1 atom stereocenters. The van der Waals surface area contributed by atoms with Gasteiger partial charge in [0.25, 0.3) is 0 Å². The van der Waals surface area contributed by atoms with E-state index in [1.165, 1.54) is 6.07 Å². The second kappa shape index (κ2) is 6.89. The SMILES string of the molecule is CC(C)(C)[C@@H](NC(=O)CSc1ccc(F)c(F)c1)C(=O)O. The third-order valence-electron chi connectivity index (χ3n) is 2.68. The predicted octanol–water partition coefficient (Wildman–Crippen LogP) is 2.67. The molecule has 0 aliphatic rings. The molecule has 0 aliphatic heterocycles. The molecule has 0 aromatic heterocycles. The van der Waals surface area contributed by atoms with Gasteiger partial charge in [-0.2, -0.15) is 0 Å². The highest BCUT2D eigenvalue weighted by atomic mass is 32.2. The van der Waals surface area contributed by atoms with Gasteiger partial charge in [-0.15, -0.1) is 11.8 Å². The van der Waals surface area contributed by atoms with Crippen LogP contribution in [0.4, 0.5) is 8.78 Å². The molecule has 0 saturated heterocycles. The van der Waals surface area contributed by atoms with Crippen LogP contribution in [0.2, 0.25) is 0 Å². The van der Waals surface area contributed by atoms with Crippen molar-refractivity contribution in [2.24, 2.45) is 5.41 Å². The number of aliphatic carboxylic acids is 1. The van der Waals surface area contributed by atoms with Crippen LogP contribution >= 0.6 is 11.8 Å². The smallest absolute Gasteiger partial charge is 0.326 e. The van der Waals surface area contributed by atoms with Crippen molar-refractivity contribution < 1.29 is 23.5 Å². The molecule has 0 heterocycles. The van der Waals surface area contributed by atoms with E-state index in [1.54, 1.807) is 20.8 Å². The second-order valence-electron chi connectivity index (χ2n) is 5.57. The van der Waals surface area contributed by atoms with Gasteiger partial charge < -0.3 is 10.4 Å². The molecule has 21 heavy (non-hydrogen) atoms. The molecule has 0 aliphatic carbocycles. The maximum atomic E-state index is 13.0. The van der Waals surface area contributed by atoms with Gasteiger partial charge in [0, 0.05) is 4.90 Å². The van der Waals surface area contributed by atoms with Crippen LogP contribution in [0, 0.1) is 17.0 Å². The number of benzene rings is 1. The van der Waals surface area contributed by atoms with Crippen molar-refractivity contribution in [3.8, 4) is 0 Å². The predicted molar refractivity (Wildman–Crippen MR) is 76.1 cm³/mol. The van der Waals surface area contributed by atoms with E-state index in [2.05, 4.69) is 5.32 Å². The number of carbonyl (C=O) groups excluding carboxylic acids is 1. The first-order chi connectivity index (χ1) is 9.61. The molecular weight excluding hydrogens is 300 g/mol. The Balaban J connectivity index is 2.61. The average molecular weight is 317 g/mol. The summed E-state index contributed by atoms with van der Waals surface area (Å²) in [5, 5.41) is 11.5. The molecule has 116 valence electrons. The highest BCUT2D eigenvalue weighted by molar-refractivity contribution is 8.00. The Morgan fingerprint density at radius 2 is 1.90 bits per heavy atom. The molecule has 1 aromatic carbocycles. The van der Waals surface area contributed by atoms with Crippen LogP contribution in [0.5, 0.6) is 0 Å². The number of carbonyl (C=O) groups is 2. The number of hydrogen-bond donors (Lipinski definition) is 2. The lowest BCUT2D eigenvalue weighted by atomic mass is 9.87. The van der Waals surface area contributed by atoms with Gasteiger partial charge >= 0.3 is 5.97 Å². The quantitative estimate of drug-likeness (QED) is 0.820. The Morgan fingerprint density at radius 1 is 1.29 bits per heavy atom. The molecule has 0 saturated carbocycles. The monoisotopic (exact) mass is 317 g/mol. The highest BCUT2D eigenvalue weighted by Gasteiger charge is 2.32. The van der Waals surface area contributed by atoms with Gasteiger partial charge in [-0.3, -0.25) is 4.79 Å². The molecule has 1 amide bonds. The number of amides is 1. The van der Waals surface area contributed by atoms with E-state index in [0.29, 0.717) is 4.90 Å². The molecule has 4 nitrogen and oxygen atoms in total. The van der Waals surface area contributed by atoms with Gasteiger partial charge in [0.1, 0.15) is 6.04 Å². The summed E-state index contributed by atoms with van der Waals surface area (Å²) in [7, 11) is 0. The fourth-order valence-corrected chi connectivity index (χ4v) is 2.30. The molecular formula is C14H17F2NO3S. The van der Waals surface area contributed by atoms with E-state index >= 15 is 0 Å². The third-order valence-corrected chi connectivity index (χ3v) is 3.67. The van der Waals surface area contributed by atoms with Crippen LogP contribution in [-0.4, -0.2) is 28.8 Å². The minimum Gasteiger partial charge on any atom is -0.480 e. The number of thioether (sulfide) groups is 1. The Morgan fingerprint density at radius 3 is 2.38 bits per heavy atom. The summed E-state index contributed by atoms with van der Waals surface area (Å²) in [5.74, 6) is -3.62. The number of nitrogens with one attached hydrogen (secondary N) is 1. The van der Waals surface area contributed by atoms with E-state index in [9.17, 15) is 18.4 Å². The molecule has 0 fully saturated rings. The maximum absolute atomic E-state index is 13.0. The van der Waals surface area contributed by atoms with E-state index in [4.69, 9.17) is 5.11 Å². The average Bonchev–Trinajstić information content (AvgIpc) is 2.35. The normalized spacial score (nSPS) is 12.8. The second-order valence-corrected chi connectivity index (χ2v) is 6.62. The molecule has 7 heteroatoms. The van der Waals surface area contributed by atoms with E-state index in [0.717, 1.165) is 23.9 Å². The van der Waals surface area contributed by atoms with Crippen molar-refractivity contribution in [3.05, 3.63) is 29.8 Å². The van der Waals surface area contributed by atoms with Crippen molar-refractivity contribution in [1.82, 2.24) is 5.32 Å². The summed E-state index contributed by atoms with van der Waals surface area (Å²) < 4.78 is 25.8. The third kappa shape index (κ3) is 5.34. The lowest BCUT2D eigenvalue weighted by Crippen LogP contribution is -2.49. The lowest BCUT2D eigenvalue weighted by Gasteiger charge is -2.27. The summed E-state index contributed by atoms with van der Waals surface area (Å²) in [6, 6.07) is 2.31. The highest BCUT2D eigenvalue weighted by Crippen LogP contribution is 2.22. The van der Waals surface area contributed by atoms with Gasteiger partial charge in [-0.1, -0.05) is 20.8 Å². The Hall–Kier alpha value is -1.63. The summed E-state index contributed by atoms with van der Waals surface area (Å²) in [5.41, 5.74) is -0.631. The first-order valence-electron chi connectivity index (χ1n) is 6.21. The van der Waals surface area contributed by atoms with Crippen molar-refractivity contribution in [1.29, 1.82) is 0 Å². The van der Waals surface area contributed by atoms with Crippen molar-refractivity contribution >= 4 is 23.6 Å². The van der Waals surface area contributed by atoms with Crippen LogP contribution in [0.25, 0.3) is 0 Å². The van der Waals surface area contributed by atoms with Crippen molar-refractivity contribution in [2.45, 2.75) is 31.7 Å². The zero-order chi connectivity index (χ0) is 16.2. The number of carboxylic acids is 1. The summed E-state index contributed by atoms with van der Waals surface area (Å²) in [4.78, 5) is 23.3. The fraction of sp³-hybridized carbons (Fsp3) is 0.429. The first-order valence-corrected chi connectivity index (χ1v) is 7.20. The van der Waals surface area contributed by atoms with Gasteiger partial charge in [0.2, 0.25) is 5.91 Å². The molecule has 0 radical (unpaired) electrons. The number of carboxylic acid groups (broad SMARTS) is 1. The van der Waals surface area contributed by atoms with Crippen LogP contribution < -0.4 is 5.32 Å². The number of hydrogen-bond acceptors (Lipinski definition) is 3. The minimum atomic E-state index is -1.12. The minimum absolute atomic E-state index is 0.0784. The lowest BCUT2D eigenvalue weighted by molar-refractivity contribution is -0.144. The summed E-state index contributed by atoms with van der Waals surface area (Å²) in [6.45, 7) is 5.11. The molecule has 0 unspecified atom stereocenters. The van der Waals surface area contributed by atoms with Gasteiger partial charge in [0.05, 0.1) is 5.75 Å². The summed E-state index contributed by atoms with van der Waals surface area (Å²) in [6.07, 6.45) is 0. The van der Waals surface area contributed by atoms with Gasteiger partial charge in [-0.05, 0) is 23.6 Å². The van der Waals surface area contributed by atoms with Crippen molar-refractivity contribution in [2.75, 3.05) is 5.75 Å². The van der Waals surface area contributed by atoms with Crippen LogP contribution in [0.15, 0.2) is 23.1 Å². The zero-order valence-corrected chi connectivity index (χ0v) is 12.8. The topological polar surface area (TPSA) is 66.4 Å². The van der Waals surface area contributed by atoms with Crippen LogP contribution in [-0.2, 0) is 9.59 Å². The molecule has 0 spiro atoms. The molecule has 1 aromatic rings. The Labute approximate surface area is 125 Å². The number of halogens is 2. The van der Waals surface area contributed by atoms with E-state index in [1.807, 2.05) is 0 Å². The van der Waals surface area contributed by atoms with Gasteiger partial charge in [0.15, 0.2) is 11.6 Å². The zero-order valence-electron chi connectivity index (χ0n) is 11.9. The maximum Gasteiger partial charge on any atom is 0.326 e. The first kappa shape index (κ1) is 17.4. The van der Waals surface area contributed by atoms with Gasteiger partial charge in [-0.25, -0.2) is 13.6 Å². The molecule has 0 bridgehead atoms. The van der Waals surface area contributed by atoms with E-state index in [-0.39, 0.29) is 5.75 Å². The summed E-state index contributed by atoms with van der Waals surface area (Å²) >= 11 is 1.00. The van der Waals surface area contributed by atoms with E-state index < -0.39 is 35.0 Å². The van der Waals surface area contributed by atoms with Crippen LogP contribution in [0.1, 0.15) is 20.8 Å². The Bertz CT molecular complexity index is 544. The largest absolute Gasteiger partial charge is 0.480 e. The fourth-order valence-electron chi connectivity index (χ4n) is 1.57. The van der Waals surface area contributed by atoms with Crippen LogP contribution in [0.3, 0.4) is 0 Å². The van der Waals surface area contributed by atoms with Crippen molar-refractivity contribution in [3.63, 3.8) is 0 Å². The number of rotatable bonds is 5.